The Hall–Kier alpha value is -2.00. The smallest absolute Gasteiger partial charge is 0.191 e. The SMILES string of the molecule is CN=C(NCc1ccc(N2CCOCC2)cc1)NCc1ccccc1OC(C)(C)C.I. The van der Waals surface area contributed by atoms with E-state index in [4.69, 9.17) is 9.47 Å². The van der Waals surface area contributed by atoms with Gasteiger partial charge in [0.25, 0.3) is 0 Å². The van der Waals surface area contributed by atoms with Gasteiger partial charge in [0.15, 0.2) is 5.96 Å². The van der Waals surface area contributed by atoms with Crippen molar-refractivity contribution in [3.63, 3.8) is 0 Å². The summed E-state index contributed by atoms with van der Waals surface area (Å²) in [6.45, 7) is 11.0. The van der Waals surface area contributed by atoms with Crippen LogP contribution in [-0.2, 0) is 17.8 Å². The molecule has 6 nitrogen and oxygen atoms in total. The summed E-state index contributed by atoms with van der Waals surface area (Å²) in [6.07, 6.45) is 0. The molecule has 0 unspecified atom stereocenters. The Morgan fingerprint density at radius 2 is 1.65 bits per heavy atom. The first-order chi connectivity index (χ1) is 14.4. The van der Waals surface area contributed by atoms with Gasteiger partial charge in [-0.2, -0.15) is 0 Å². The minimum atomic E-state index is -0.233. The molecule has 1 fully saturated rings. The van der Waals surface area contributed by atoms with Gasteiger partial charge in [0.1, 0.15) is 11.4 Å². The van der Waals surface area contributed by atoms with E-state index in [1.165, 1.54) is 11.3 Å². The molecule has 0 saturated carbocycles. The van der Waals surface area contributed by atoms with Crippen molar-refractivity contribution in [1.29, 1.82) is 0 Å². The number of hydrogen-bond donors (Lipinski definition) is 2. The second-order valence-corrected chi connectivity index (χ2v) is 8.37. The van der Waals surface area contributed by atoms with Crippen LogP contribution in [0.3, 0.4) is 0 Å². The quantitative estimate of drug-likeness (QED) is 0.329. The monoisotopic (exact) mass is 538 g/mol. The molecule has 31 heavy (non-hydrogen) atoms. The molecule has 1 saturated heterocycles. The minimum Gasteiger partial charge on any atom is -0.488 e. The van der Waals surface area contributed by atoms with E-state index in [0.717, 1.165) is 43.6 Å². The molecule has 2 N–H and O–H groups in total. The summed E-state index contributed by atoms with van der Waals surface area (Å²) in [5.74, 6) is 1.66. The predicted molar refractivity (Wildman–Crippen MR) is 139 cm³/mol. The highest BCUT2D eigenvalue weighted by molar-refractivity contribution is 14.0. The van der Waals surface area contributed by atoms with Crippen LogP contribution in [-0.4, -0.2) is 44.9 Å². The molecule has 0 atom stereocenters. The van der Waals surface area contributed by atoms with Crippen LogP contribution in [0.2, 0.25) is 0 Å². The number of nitrogens with zero attached hydrogens (tertiary/aromatic N) is 2. The van der Waals surface area contributed by atoms with Gasteiger partial charge in [-0.05, 0) is 44.5 Å². The Kier molecular flexibility index (Phi) is 9.90. The van der Waals surface area contributed by atoms with Gasteiger partial charge < -0.3 is 25.0 Å². The molecule has 3 rings (SSSR count). The lowest BCUT2D eigenvalue weighted by Crippen LogP contribution is -2.37. The molecule has 0 aliphatic carbocycles. The summed E-state index contributed by atoms with van der Waals surface area (Å²) in [7, 11) is 1.79. The maximum Gasteiger partial charge on any atom is 0.191 e. The number of anilines is 1. The molecule has 170 valence electrons. The van der Waals surface area contributed by atoms with Crippen LogP contribution in [0.5, 0.6) is 5.75 Å². The second-order valence-electron chi connectivity index (χ2n) is 8.37. The Morgan fingerprint density at radius 1 is 1.00 bits per heavy atom. The molecule has 2 aromatic rings. The topological polar surface area (TPSA) is 58.1 Å². The van der Waals surface area contributed by atoms with Crippen molar-refractivity contribution in [2.24, 2.45) is 4.99 Å². The van der Waals surface area contributed by atoms with E-state index in [1.807, 2.05) is 18.2 Å². The van der Waals surface area contributed by atoms with E-state index in [0.29, 0.717) is 13.1 Å². The molecule has 0 amide bonds. The van der Waals surface area contributed by atoms with Crippen LogP contribution in [0, 0.1) is 0 Å². The number of benzene rings is 2. The summed E-state index contributed by atoms with van der Waals surface area (Å²) in [5, 5.41) is 6.77. The second kappa shape index (κ2) is 12.1. The van der Waals surface area contributed by atoms with E-state index in [-0.39, 0.29) is 29.6 Å². The van der Waals surface area contributed by atoms with Gasteiger partial charge in [-0.1, -0.05) is 30.3 Å². The van der Waals surface area contributed by atoms with Crippen molar-refractivity contribution in [2.45, 2.75) is 39.5 Å². The van der Waals surface area contributed by atoms with Crippen molar-refractivity contribution < 1.29 is 9.47 Å². The molecule has 1 heterocycles. The number of rotatable bonds is 6. The predicted octanol–water partition coefficient (Wildman–Crippen LogP) is 4.18. The number of para-hydroxylation sites is 1. The van der Waals surface area contributed by atoms with E-state index in [1.54, 1.807) is 7.05 Å². The Balaban J connectivity index is 0.00000341. The van der Waals surface area contributed by atoms with Crippen LogP contribution in [0.1, 0.15) is 31.9 Å². The summed E-state index contributed by atoms with van der Waals surface area (Å²) >= 11 is 0. The van der Waals surface area contributed by atoms with Crippen molar-refractivity contribution in [2.75, 3.05) is 38.3 Å². The third-order valence-electron chi connectivity index (χ3n) is 4.83. The van der Waals surface area contributed by atoms with Gasteiger partial charge in [-0.15, -0.1) is 24.0 Å². The van der Waals surface area contributed by atoms with Gasteiger partial charge in [-0.3, -0.25) is 4.99 Å². The molecule has 2 aromatic carbocycles. The van der Waals surface area contributed by atoms with Crippen molar-refractivity contribution in [1.82, 2.24) is 10.6 Å². The van der Waals surface area contributed by atoms with Crippen molar-refractivity contribution in [3.05, 3.63) is 59.7 Å². The zero-order valence-corrected chi connectivity index (χ0v) is 21.3. The molecule has 0 radical (unpaired) electrons. The van der Waals surface area contributed by atoms with Gasteiger partial charge in [0.2, 0.25) is 0 Å². The maximum absolute atomic E-state index is 6.08. The largest absolute Gasteiger partial charge is 0.488 e. The number of halogens is 1. The lowest BCUT2D eigenvalue weighted by atomic mass is 10.1. The molecule has 1 aliphatic rings. The minimum absolute atomic E-state index is 0. The van der Waals surface area contributed by atoms with Crippen molar-refractivity contribution >= 4 is 35.6 Å². The molecular formula is C24H35IN4O2. The van der Waals surface area contributed by atoms with Crippen LogP contribution in [0.25, 0.3) is 0 Å². The highest BCUT2D eigenvalue weighted by Crippen LogP contribution is 2.23. The number of nitrogens with one attached hydrogen (secondary N) is 2. The fourth-order valence-corrected chi connectivity index (χ4v) is 3.31. The molecule has 0 aromatic heterocycles. The molecule has 1 aliphatic heterocycles. The summed E-state index contributed by atoms with van der Waals surface area (Å²) in [5.41, 5.74) is 3.33. The lowest BCUT2D eigenvalue weighted by molar-refractivity contribution is 0.122. The van der Waals surface area contributed by atoms with Gasteiger partial charge >= 0.3 is 0 Å². The molecular weight excluding hydrogens is 503 g/mol. The fraction of sp³-hybridized carbons (Fsp3) is 0.458. The molecule has 0 bridgehead atoms. The summed E-state index contributed by atoms with van der Waals surface area (Å²) in [4.78, 5) is 6.70. The first-order valence-corrected chi connectivity index (χ1v) is 10.6. The first kappa shape index (κ1) is 25.3. The Labute approximate surface area is 203 Å². The Morgan fingerprint density at radius 3 is 2.29 bits per heavy atom. The Bertz CT molecular complexity index is 828. The van der Waals surface area contributed by atoms with Crippen molar-refractivity contribution in [3.8, 4) is 5.75 Å². The van der Waals surface area contributed by atoms with Gasteiger partial charge in [0, 0.05) is 44.5 Å². The number of hydrogen-bond acceptors (Lipinski definition) is 4. The van der Waals surface area contributed by atoms with E-state index < -0.39 is 0 Å². The van der Waals surface area contributed by atoms with E-state index in [9.17, 15) is 0 Å². The van der Waals surface area contributed by atoms with Gasteiger partial charge in [0.05, 0.1) is 13.2 Å². The van der Waals surface area contributed by atoms with Crippen LogP contribution < -0.4 is 20.3 Å². The average molecular weight is 538 g/mol. The summed E-state index contributed by atoms with van der Waals surface area (Å²) < 4.78 is 11.5. The first-order valence-electron chi connectivity index (χ1n) is 10.6. The van der Waals surface area contributed by atoms with Crippen LogP contribution >= 0.6 is 24.0 Å². The van der Waals surface area contributed by atoms with Crippen LogP contribution in [0.4, 0.5) is 5.69 Å². The number of morpholine rings is 1. The van der Waals surface area contributed by atoms with Crippen LogP contribution in [0.15, 0.2) is 53.5 Å². The normalized spacial score (nSPS) is 14.6. The summed E-state index contributed by atoms with van der Waals surface area (Å²) in [6, 6.07) is 16.8. The number of aliphatic imine (C=N–C) groups is 1. The maximum atomic E-state index is 6.08. The lowest BCUT2D eigenvalue weighted by Gasteiger charge is -2.29. The van der Waals surface area contributed by atoms with Gasteiger partial charge in [-0.25, -0.2) is 0 Å². The third-order valence-corrected chi connectivity index (χ3v) is 4.83. The highest BCUT2D eigenvalue weighted by atomic mass is 127. The zero-order chi connectivity index (χ0) is 21.4. The third kappa shape index (κ3) is 8.22. The standard InChI is InChI=1S/C24H34N4O2.HI/c1-24(2,3)30-22-8-6-5-7-20(22)18-27-23(25-4)26-17-19-9-11-21(12-10-19)28-13-15-29-16-14-28;/h5-12H,13-18H2,1-4H3,(H2,25,26,27);1H. The number of guanidine groups is 1. The van der Waals surface area contributed by atoms with E-state index >= 15 is 0 Å². The molecule has 7 heteroatoms. The number of ether oxygens (including phenoxy) is 2. The average Bonchev–Trinajstić information content (AvgIpc) is 2.75. The zero-order valence-electron chi connectivity index (χ0n) is 19.0. The fourth-order valence-electron chi connectivity index (χ4n) is 3.31. The highest BCUT2D eigenvalue weighted by Gasteiger charge is 2.14. The molecule has 0 spiro atoms. The van der Waals surface area contributed by atoms with E-state index in [2.05, 4.69) is 71.6 Å².